The molecular formula is C17H25BFNO5. The minimum absolute atomic E-state index is 0.125. The lowest BCUT2D eigenvalue weighted by Gasteiger charge is -2.32. The lowest BCUT2D eigenvalue weighted by Crippen LogP contribution is -2.41. The summed E-state index contributed by atoms with van der Waals surface area (Å²) in [6, 6.07) is 2.81. The third kappa shape index (κ3) is 3.97. The zero-order chi connectivity index (χ0) is 18.8. The minimum Gasteiger partial charge on any atom is -0.496 e. The Balaban J connectivity index is 2.29. The molecule has 0 unspecified atom stereocenters. The van der Waals surface area contributed by atoms with Gasteiger partial charge in [-0.1, -0.05) is 0 Å². The number of hydrogen-bond acceptors (Lipinski definition) is 5. The summed E-state index contributed by atoms with van der Waals surface area (Å²) in [6.45, 7) is 8.27. The van der Waals surface area contributed by atoms with Gasteiger partial charge in [-0.15, -0.1) is 0 Å². The number of carbonyl (C=O) groups excluding carboxylic acids is 1. The van der Waals surface area contributed by atoms with E-state index in [0.29, 0.717) is 12.1 Å². The molecule has 1 aromatic carbocycles. The summed E-state index contributed by atoms with van der Waals surface area (Å²) in [5.74, 6) is -1.13. The number of nitrogens with one attached hydrogen (secondary N) is 1. The predicted octanol–water partition coefficient (Wildman–Crippen LogP) is 1.51. The summed E-state index contributed by atoms with van der Waals surface area (Å²) < 4.78 is 36.5. The van der Waals surface area contributed by atoms with E-state index in [4.69, 9.17) is 18.8 Å². The molecule has 0 bridgehead atoms. The number of methoxy groups -OCH3 is 2. The second-order valence-corrected chi connectivity index (χ2v) is 6.92. The fourth-order valence-corrected chi connectivity index (χ4v) is 2.45. The van der Waals surface area contributed by atoms with Crippen LogP contribution >= 0.6 is 0 Å². The number of ether oxygens (including phenoxy) is 2. The van der Waals surface area contributed by atoms with Crippen LogP contribution in [0.2, 0.25) is 0 Å². The summed E-state index contributed by atoms with van der Waals surface area (Å²) in [6.07, 6.45) is 0. The normalized spacial score (nSPS) is 18.3. The van der Waals surface area contributed by atoms with Crippen molar-refractivity contribution >= 4 is 18.5 Å². The van der Waals surface area contributed by atoms with Crippen LogP contribution in [0.25, 0.3) is 0 Å². The maximum Gasteiger partial charge on any atom is 0.495 e. The predicted molar refractivity (Wildman–Crippen MR) is 92.9 cm³/mol. The molecule has 1 aromatic rings. The number of halogens is 1. The van der Waals surface area contributed by atoms with Crippen molar-refractivity contribution in [1.82, 2.24) is 5.32 Å². The molecule has 0 radical (unpaired) electrons. The van der Waals surface area contributed by atoms with Crippen LogP contribution in [-0.2, 0) is 14.0 Å². The van der Waals surface area contributed by atoms with E-state index in [2.05, 4.69) is 5.32 Å². The van der Waals surface area contributed by atoms with Gasteiger partial charge in [-0.25, -0.2) is 4.39 Å². The van der Waals surface area contributed by atoms with E-state index < -0.39 is 30.0 Å². The number of carbonyl (C=O) groups is 1. The van der Waals surface area contributed by atoms with Crippen molar-refractivity contribution in [1.29, 1.82) is 0 Å². The van der Waals surface area contributed by atoms with Gasteiger partial charge in [0.2, 0.25) is 0 Å². The Hall–Kier alpha value is -1.64. The number of amides is 1. The van der Waals surface area contributed by atoms with Crippen LogP contribution in [-0.4, -0.2) is 51.6 Å². The average Bonchev–Trinajstić information content (AvgIpc) is 2.74. The quantitative estimate of drug-likeness (QED) is 0.620. The SMILES string of the molecule is COCCNC(=O)c1c(F)cc(B2OC(C)(C)C(C)(C)O2)cc1OC. The number of rotatable bonds is 6. The van der Waals surface area contributed by atoms with Gasteiger partial charge in [0.15, 0.2) is 0 Å². The molecule has 138 valence electrons. The fourth-order valence-electron chi connectivity index (χ4n) is 2.45. The lowest BCUT2D eigenvalue weighted by atomic mass is 9.78. The highest BCUT2D eigenvalue weighted by Crippen LogP contribution is 2.37. The van der Waals surface area contributed by atoms with Crippen molar-refractivity contribution in [2.24, 2.45) is 0 Å². The monoisotopic (exact) mass is 353 g/mol. The Morgan fingerprint density at radius 2 is 1.80 bits per heavy atom. The first-order valence-electron chi connectivity index (χ1n) is 8.13. The molecule has 0 aliphatic carbocycles. The van der Waals surface area contributed by atoms with Gasteiger partial charge < -0.3 is 24.1 Å². The van der Waals surface area contributed by atoms with E-state index in [1.807, 2.05) is 27.7 Å². The maximum absolute atomic E-state index is 14.6. The van der Waals surface area contributed by atoms with E-state index in [-0.39, 0.29) is 17.9 Å². The van der Waals surface area contributed by atoms with Gasteiger partial charge in [0.05, 0.1) is 24.9 Å². The summed E-state index contributed by atoms with van der Waals surface area (Å²) in [7, 11) is 2.17. The molecule has 1 heterocycles. The van der Waals surface area contributed by atoms with Crippen LogP contribution in [0.3, 0.4) is 0 Å². The van der Waals surface area contributed by atoms with Crippen LogP contribution in [0, 0.1) is 5.82 Å². The van der Waals surface area contributed by atoms with Crippen molar-refractivity contribution < 1.29 is 28.0 Å². The molecule has 1 N–H and O–H groups in total. The van der Waals surface area contributed by atoms with Crippen LogP contribution in [0.4, 0.5) is 4.39 Å². The van der Waals surface area contributed by atoms with Crippen molar-refractivity contribution in [3.8, 4) is 5.75 Å². The first-order chi connectivity index (χ1) is 11.6. The molecule has 6 nitrogen and oxygen atoms in total. The first kappa shape index (κ1) is 19.7. The smallest absolute Gasteiger partial charge is 0.495 e. The van der Waals surface area contributed by atoms with Crippen LogP contribution < -0.4 is 15.5 Å². The second-order valence-electron chi connectivity index (χ2n) is 6.92. The topological polar surface area (TPSA) is 66.0 Å². The van der Waals surface area contributed by atoms with Crippen LogP contribution in [0.1, 0.15) is 38.1 Å². The van der Waals surface area contributed by atoms with Crippen molar-refractivity contribution in [2.75, 3.05) is 27.4 Å². The Kier molecular flexibility index (Phi) is 5.76. The molecule has 25 heavy (non-hydrogen) atoms. The third-order valence-electron chi connectivity index (χ3n) is 4.64. The molecule has 0 saturated carbocycles. The largest absolute Gasteiger partial charge is 0.496 e. The van der Waals surface area contributed by atoms with Gasteiger partial charge in [0.1, 0.15) is 17.1 Å². The van der Waals surface area contributed by atoms with Gasteiger partial charge in [-0.2, -0.15) is 0 Å². The Labute approximate surface area is 148 Å². The van der Waals surface area contributed by atoms with Gasteiger partial charge in [0.25, 0.3) is 5.91 Å². The fraction of sp³-hybridized carbons (Fsp3) is 0.588. The van der Waals surface area contributed by atoms with Gasteiger partial charge >= 0.3 is 7.12 Å². The van der Waals surface area contributed by atoms with E-state index in [0.717, 1.165) is 0 Å². The van der Waals surface area contributed by atoms with E-state index in [9.17, 15) is 9.18 Å². The maximum atomic E-state index is 14.6. The summed E-state index contributed by atoms with van der Waals surface area (Å²) >= 11 is 0. The van der Waals surface area contributed by atoms with Crippen LogP contribution in [0.5, 0.6) is 5.75 Å². The number of hydrogen-bond donors (Lipinski definition) is 1. The molecule has 0 atom stereocenters. The Morgan fingerprint density at radius 1 is 1.20 bits per heavy atom. The molecule has 1 saturated heterocycles. The number of benzene rings is 1. The lowest BCUT2D eigenvalue weighted by molar-refractivity contribution is 0.00578. The molecule has 0 aromatic heterocycles. The van der Waals surface area contributed by atoms with Gasteiger partial charge in [0, 0.05) is 13.7 Å². The average molecular weight is 353 g/mol. The first-order valence-corrected chi connectivity index (χ1v) is 8.13. The van der Waals surface area contributed by atoms with Crippen molar-refractivity contribution in [3.63, 3.8) is 0 Å². The Morgan fingerprint density at radius 3 is 2.32 bits per heavy atom. The summed E-state index contributed by atoms with van der Waals surface area (Å²) in [4.78, 5) is 12.2. The summed E-state index contributed by atoms with van der Waals surface area (Å²) in [5, 5.41) is 2.58. The second kappa shape index (κ2) is 7.31. The summed E-state index contributed by atoms with van der Waals surface area (Å²) in [5.41, 5.74) is -0.782. The molecule has 1 aliphatic rings. The molecule has 1 amide bonds. The zero-order valence-electron chi connectivity index (χ0n) is 15.6. The Bertz CT molecular complexity index is 634. The molecule has 8 heteroatoms. The standard InChI is InChI=1S/C17H25BFNO5/c1-16(2)17(3,4)25-18(24-16)11-9-12(19)14(13(10-11)23-6)15(21)20-7-8-22-5/h9-10H,7-8H2,1-6H3,(H,20,21). The zero-order valence-corrected chi connectivity index (χ0v) is 15.6. The highest BCUT2D eigenvalue weighted by Gasteiger charge is 2.52. The van der Waals surface area contributed by atoms with Crippen molar-refractivity contribution in [2.45, 2.75) is 38.9 Å². The molecule has 1 fully saturated rings. The van der Waals surface area contributed by atoms with E-state index in [1.165, 1.54) is 20.3 Å². The molecule has 2 rings (SSSR count). The molecule has 0 spiro atoms. The highest BCUT2D eigenvalue weighted by atomic mass is 19.1. The minimum atomic E-state index is -0.737. The van der Waals surface area contributed by atoms with Gasteiger partial charge in [-0.3, -0.25) is 4.79 Å². The third-order valence-corrected chi connectivity index (χ3v) is 4.64. The van der Waals surface area contributed by atoms with E-state index in [1.54, 1.807) is 6.07 Å². The molecule has 1 aliphatic heterocycles. The highest BCUT2D eigenvalue weighted by molar-refractivity contribution is 6.62. The van der Waals surface area contributed by atoms with Gasteiger partial charge in [-0.05, 0) is 45.3 Å². The van der Waals surface area contributed by atoms with E-state index >= 15 is 0 Å². The van der Waals surface area contributed by atoms with Crippen LogP contribution in [0.15, 0.2) is 12.1 Å². The molecular weight excluding hydrogens is 328 g/mol. The van der Waals surface area contributed by atoms with Crippen molar-refractivity contribution in [3.05, 3.63) is 23.5 Å².